The standard InChI is InChI=1S/C13H17ClFN/c1-10(14)9-16-11(2)7-8-12-5-3-4-6-13(12)15/h3-6,11,16H,1,7-9H2,2H3. The van der Waals surface area contributed by atoms with Crippen molar-refractivity contribution in [1.29, 1.82) is 0 Å². The fraction of sp³-hybridized carbons (Fsp3) is 0.385. The van der Waals surface area contributed by atoms with E-state index in [1.807, 2.05) is 12.1 Å². The highest BCUT2D eigenvalue weighted by Crippen LogP contribution is 2.10. The summed E-state index contributed by atoms with van der Waals surface area (Å²) in [6, 6.07) is 7.18. The lowest BCUT2D eigenvalue weighted by molar-refractivity contribution is 0.529. The summed E-state index contributed by atoms with van der Waals surface area (Å²) in [6.07, 6.45) is 1.61. The monoisotopic (exact) mass is 241 g/mol. The second-order valence-corrected chi connectivity index (χ2v) is 4.46. The van der Waals surface area contributed by atoms with Gasteiger partial charge in [-0.2, -0.15) is 0 Å². The Bertz CT molecular complexity index is 352. The van der Waals surface area contributed by atoms with Gasteiger partial charge in [0.25, 0.3) is 0 Å². The summed E-state index contributed by atoms with van der Waals surface area (Å²) in [7, 11) is 0. The Morgan fingerprint density at radius 2 is 2.19 bits per heavy atom. The molecule has 0 saturated heterocycles. The Labute approximate surface area is 101 Å². The van der Waals surface area contributed by atoms with Crippen LogP contribution in [0.25, 0.3) is 0 Å². The molecule has 1 aromatic carbocycles. The fourth-order valence-electron chi connectivity index (χ4n) is 1.46. The molecule has 88 valence electrons. The summed E-state index contributed by atoms with van der Waals surface area (Å²) in [5.74, 6) is -0.128. The second-order valence-electron chi connectivity index (χ2n) is 3.93. The highest BCUT2D eigenvalue weighted by Gasteiger charge is 2.05. The van der Waals surface area contributed by atoms with Gasteiger partial charge in [0.1, 0.15) is 5.82 Å². The molecule has 1 atom stereocenters. The van der Waals surface area contributed by atoms with Crippen LogP contribution in [0.1, 0.15) is 18.9 Å². The fourth-order valence-corrected chi connectivity index (χ4v) is 1.54. The lowest BCUT2D eigenvalue weighted by Gasteiger charge is -2.13. The highest BCUT2D eigenvalue weighted by molar-refractivity contribution is 6.29. The van der Waals surface area contributed by atoms with Crippen LogP contribution in [0.3, 0.4) is 0 Å². The van der Waals surface area contributed by atoms with Gasteiger partial charge in [-0.15, -0.1) is 0 Å². The molecule has 1 nitrogen and oxygen atoms in total. The molecule has 16 heavy (non-hydrogen) atoms. The molecule has 0 saturated carbocycles. The molecule has 0 aromatic heterocycles. The normalized spacial score (nSPS) is 12.4. The predicted octanol–water partition coefficient (Wildman–Crippen LogP) is 3.49. The van der Waals surface area contributed by atoms with Crippen molar-refractivity contribution in [2.45, 2.75) is 25.8 Å². The molecule has 1 rings (SSSR count). The molecule has 1 unspecified atom stereocenters. The minimum atomic E-state index is -0.128. The maximum absolute atomic E-state index is 13.3. The van der Waals surface area contributed by atoms with Gasteiger partial charge in [-0.3, -0.25) is 0 Å². The van der Waals surface area contributed by atoms with Crippen LogP contribution >= 0.6 is 11.6 Å². The lowest BCUT2D eigenvalue weighted by atomic mass is 10.1. The Balaban J connectivity index is 2.34. The Morgan fingerprint density at radius 3 is 2.81 bits per heavy atom. The maximum atomic E-state index is 13.3. The van der Waals surface area contributed by atoms with Crippen LogP contribution in [0.4, 0.5) is 4.39 Å². The summed E-state index contributed by atoms with van der Waals surface area (Å²) in [5, 5.41) is 3.81. The van der Waals surface area contributed by atoms with Gasteiger partial charge in [0, 0.05) is 17.6 Å². The first-order valence-corrected chi connectivity index (χ1v) is 5.77. The number of hydrogen-bond acceptors (Lipinski definition) is 1. The van der Waals surface area contributed by atoms with Crippen LogP contribution < -0.4 is 5.32 Å². The third-order valence-corrected chi connectivity index (χ3v) is 2.58. The molecule has 0 fully saturated rings. The summed E-state index contributed by atoms with van der Waals surface area (Å²) < 4.78 is 13.3. The van der Waals surface area contributed by atoms with Gasteiger partial charge in [-0.05, 0) is 31.4 Å². The number of nitrogens with one attached hydrogen (secondary N) is 1. The van der Waals surface area contributed by atoms with Crippen LogP contribution in [0.5, 0.6) is 0 Å². The van der Waals surface area contributed by atoms with Crippen LogP contribution in [0.2, 0.25) is 0 Å². The van der Waals surface area contributed by atoms with Gasteiger partial charge in [-0.25, -0.2) is 4.39 Å². The van der Waals surface area contributed by atoms with Crippen molar-refractivity contribution >= 4 is 11.6 Å². The zero-order valence-corrected chi connectivity index (χ0v) is 10.2. The SMILES string of the molecule is C=C(Cl)CNC(C)CCc1ccccc1F. The van der Waals surface area contributed by atoms with Gasteiger partial charge in [-0.1, -0.05) is 36.4 Å². The third-order valence-electron chi connectivity index (χ3n) is 2.45. The molecule has 3 heteroatoms. The zero-order valence-electron chi connectivity index (χ0n) is 9.47. The summed E-state index contributed by atoms with van der Waals surface area (Å²) in [6.45, 7) is 6.26. The van der Waals surface area contributed by atoms with Crippen molar-refractivity contribution in [1.82, 2.24) is 5.32 Å². The Hall–Kier alpha value is -0.860. The van der Waals surface area contributed by atoms with Gasteiger partial charge >= 0.3 is 0 Å². The average molecular weight is 242 g/mol. The number of benzene rings is 1. The first kappa shape index (κ1) is 13.2. The molecule has 1 N–H and O–H groups in total. The quantitative estimate of drug-likeness (QED) is 0.804. The van der Waals surface area contributed by atoms with E-state index in [0.717, 1.165) is 18.4 Å². The van der Waals surface area contributed by atoms with E-state index >= 15 is 0 Å². The number of halogens is 2. The van der Waals surface area contributed by atoms with Crippen LogP contribution in [-0.2, 0) is 6.42 Å². The van der Waals surface area contributed by atoms with E-state index in [2.05, 4.69) is 18.8 Å². The molecular weight excluding hydrogens is 225 g/mol. The zero-order chi connectivity index (χ0) is 12.0. The molecule has 0 aliphatic rings. The summed E-state index contributed by atoms with van der Waals surface area (Å²) in [4.78, 5) is 0. The van der Waals surface area contributed by atoms with E-state index in [0.29, 0.717) is 17.6 Å². The highest BCUT2D eigenvalue weighted by atomic mass is 35.5. The number of rotatable bonds is 6. The molecule has 0 heterocycles. The molecule has 0 radical (unpaired) electrons. The van der Waals surface area contributed by atoms with Gasteiger partial charge in [0.15, 0.2) is 0 Å². The van der Waals surface area contributed by atoms with E-state index in [1.54, 1.807) is 6.07 Å². The molecule has 0 aliphatic heterocycles. The van der Waals surface area contributed by atoms with Crippen LogP contribution in [-0.4, -0.2) is 12.6 Å². The van der Waals surface area contributed by atoms with Crippen molar-refractivity contribution in [2.75, 3.05) is 6.54 Å². The van der Waals surface area contributed by atoms with Gasteiger partial charge in [0.05, 0.1) is 0 Å². The first-order valence-electron chi connectivity index (χ1n) is 5.39. The van der Waals surface area contributed by atoms with E-state index in [4.69, 9.17) is 11.6 Å². The topological polar surface area (TPSA) is 12.0 Å². The maximum Gasteiger partial charge on any atom is 0.126 e. The molecule has 0 spiro atoms. The van der Waals surface area contributed by atoms with Gasteiger partial charge in [0.2, 0.25) is 0 Å². The third kappa shape index (κ3) is 4.77. The molecular formula is C13H17ClFN. The molecule has 0 aliphatic carbocycles. The van der Waals surface area contributed by atoms with E-state index in [9.17, 15) is 4.39 Å². The molecule has 0 bridgehead atoms. The lowest BCUT2D eigenvalue weighted by Crippen LogP contribution is -2.27. The number of hydrogen-bond donors (Lipinski definition) is 1. The minimum absolute atomic E-state index is 0.128. The second kappa shape index (κ2) is 6.66. The molecule has 0 amide bonds. The minimum Gasteiger partial charge on any atom is -0.309 e. The number of aryl methyl sites for hydroxylation is 1. The largest absolute Gasteiger partial charge is 0.309 e. The van der Waals surface area contributed by atoms with E-state index in [1.165, 1.54) is 6.07 Å². The van der Waals surface area contributed by atoms with Crippen molar-refractivity contribution in [3.05, 3.63) is 47.3 Å². The average Bonchev–Trinajstić information content (AvgIpc) is 2.25. The Morgan fingerprint density at radius 1 is 1.50 bits per heavy atom. The van der Waals surface area contributed by atoms with E-state index < -0.39 is 0 Å². The first-order chi connectivity index (χ1) is 7.59. The van der Waals surface area contributed by atoms with E-state index in [-0.39, 0.29) is 5.82 Å². The smallest absolute Gasteiger partial charge is 0.126 e. The van der Waals surface area contributed by atoms with Crippen molar-refractivity contribution in [2.24, 2.45) is 0 Å². The van der Waals surface area contributed by atoms with Crippen LogP contribution in [0, 0.1) is 5.82 Å². The van der Waals surface area contributed by atoms with Crippen LogP contribution in [0.15, 0.2) is 35.9 Å². The predicted molar refractivity (Wildman–Crippen MR) is 67.2 cm³/mol. The Kier molecular flexibility index (Phi) is 5.50. The van der Waals surface area contributed by atoms with Crippen molar-refractivity contribution < 1.29 is 4.39 Å². The van der Waals surface area contributed by atoms with Gasteiger partial charge < -0.3 is 5.32 Å². The van der Waals surface area contributed by atoms with Crippen molar-refractivity contribution in [3.63, 3.8) is 0 Å². The molecule has 1 aromatic rings. The van der Waals surface area contributed by atoms with Crippen molar-refractivity contribution in [3.8, 4) is 0 Å². The summed E-state index contributed by atoms with van der Waals surface area (Å²) >= 11 is 5.65. The summed E-state index contributed by atoms with van der Waals surface area (Å²) in [5.41, 5.74) is 0.765.